The minimum Gasteiger partial charge on any atom is -0.396 e. The summed E-state index contributed by atoms with van der Waals surface area (Å²) >= 11 is 0. The van der Waals surface area contributed by atoms with Gasteiger partial charge in [-0.25, -0.2) is 8.78 Å². The lowest BCUT2D eigenvalue weighted by Gasteiger charge is -2.39. The molecule has 13 heavy (non-hydrogen) atoms. The van der Waals surface area contributed by atoms with Crippen LogP contribution < -0.4 is 5.32 Å². The van der Waals surface area contributed by atoms with Gasteiger partial charge in [-0.1, -0.05) is 20.8 Å². The van der Waals surface area contributed by atoms with Crippen molar-refractivity contribution in [1.82, 2.24) is 5.32 Å². The Morgan fingerprint density at radius 1 is 1.38 bits per heavy atom. The minimum atomic E-state index is -2.78. The van der Waals surface area contributed by atoms with Gasteiger partial charge in [0.1, 0.15) is 0 Å². The van der Waals surface area contributed by atoms with Gasteiger partial charge >= 0.3 is 0 Å². The van der Waals surface area contributed by atoms with Crippen LogP contribution in [0.25, 0.3) is 0 Å². The fraction of sp³-hybridized carbons (Fsp3) is 1.00. The summed E-state index contributed by atoms with van der Waals surface area (Å²) < 4.78 is 26.1. The maximum absolute atomic E-state index is 13.0. The van der Waals surface area contributed by atoms with E-state index in [1.807, 2.05) is 13.8 Å². The summed E-state index contributed by atoms with van der Waals surface area (Å²) in [5.41, 5.74) is -1.22. The topological polar surface area (TPSA) is 32.3 Å². The van der Waals surface area contributed by atoms with Crippen molar-refractivity contribution >= 4 is 0 Å². The Labute approximate surface area is 78.3 Å². The average Bonchev–Trinajstić information content (AvgIpc) is 2.14. The number of hydrogen-bond donors (Lipinski definition) is 2. The van der Waals surface area contributed by atoms with Gasteiger partial charge < -0.3 is 10.4 Å². The zero-order valence-corrected chi connectivity index (χ0v) is 8.53. The first-order valence-electron chi connectivity index (χ1n) is 4.71. The molecule has 1 aliphatic rings. The van der Waals surface area contributed by atoms with Crippen LogP contribution in [0.15, 0.2) is 0 Å². The van der Waals surface area contributed by atoms with E-state index in [1.54, 1.807) is 0 Å². The second kappa shape index (κ2) is 4.86. The molecule has 0 amide bonds. The van der Waals surface area contributed by atoms with E-state index >= 15 is 0 Å². The number of aliphatic hydroxyl groups excluding tert-OH is 1. The van der Waals surface area contributed by atoms with E-state index in [0.717, 1.165) is 0 Å². The highest BCUT2D eigenvalue weighted by molar-refractivity contribution is 4.94. The quantitative estimate of drug-likeness (QED) is 0.666. The Kier molecular flexibility index (Phi) is 4.78. The molecule has 0 aromatic heterocycles. The van der Waals surface area contributed by atoms with Crippen molar-refractivity contribution < 1.29 is 13.9 Å². The Morgan fingerprint density at radius 2 is 1.92 bits per heavy atom. The van der Waals surface area contributed by atoms with Crippen LogP contribution in [0.3, 0.4) is 0 Å². The summed E-state index contributed by atoms with van der Waals surface area (Å²) in [5, 5.41) is 11.4. The molecule has 0 aromatic rings. The lowest BCUT2D eigenvalue weighted by Crippen LogP contribution is -2.54. The van der Waals surface area contributed by atoms with Crippen LogP contribution >= 0.6 is 0 Å². The van der Waals surface area contributed by atoms with Crippen molar-refractivity contribution in [3.63, 3.8) is 0 Å². The third-order valence-corrected chi connectivity index (χ3v) is 2.43. The first-order valence-corrected chi connectivity index (χ1v) is 4.71. The number of nitrogens with one attached hydrogen (secondary N) is 1. The molecule has 2 nitrogen and oxygen atoms in total. The second-order valence-electron chi connectivity index (χ2n) is 3.35. The molecule has 1 rings (SSSR count). The van der Waals surface area contributed by atoms with Crippen LogP contribution in [0, 0.1) is 5.41 Å². The molecule has 1 aliphatic heterocycles. The molecule has 0 aliphatic carbocycles. The first-order chi connectivity index (χ1) is 6.02. The Balaban J connectivity index is 0.000000671. The zero-order valence-electron chi connectivity index (χ0n) is 8.53. The molecule has 1 unspecified atom stereocenters. The van der Waals surface area contributed by atoms with Crippen molar-refractivity contribution in [3.05, 3.63) is 0 Å². The second-order valence-corrected chi connectivity index (χ2v) is 3.35. The molecule has 0 aromatic carbocycles. The molecular weight excluding hydrogens is 176 g/mol. The van der Waals surface area contributed by atoms with Gasteiger partial charge in [0, 0.05) is 0 Å². The zero-order chi connectivity index (χ0) is 10.5. The van der Waals surface area contributed by atoms with E-state index < -0.39 is 17.9 Å². The van der Waals surface area contributed by atoms with Gasteiger partial charge in [0.2, 0.25) is 0 Å². The van der Waals surface area contributed by atoms with Crippen LogP contribution in [-0.2, 0) is 0 Å². The lowest BCUT2D eigenvalue weighted by atomic mass is 9.78. The van der Waals surface area contributed by atoms with Gasteiger partial charge in [0.05, 0.1) is 18.6 Å². The highest BCUT2D eigenvalue weighted by Gasteiger charge is 2.50. The predicted molar refractivity (Wildman–Crippen MR) is 49.0 cm³/mol. The van der Waals surface area contributed by atoms with E-state index in [0.29, 0.717) is 13.0 Å². The van der Waals surface area contributed by atoms with E-state index in [9.17, 15) is 8.78 Å². The molecule has 0 bridgehead atoms. The highest BCUT2D eigenvalue weighted by Crippen LogP contribution is 2.40. The summed E-state index contributed by atoms with van der Waals surface area (Å²) in [4.78, 5) is 0. The van der Waals surface area contributed by atoms with Crippen LogP contribution in [0.1, 0.15) is 27.2 Å². The van der Waals surface area contributed by atoms with Crippen LogP contribution in [0.5, 0.6) is 0 Å². The Bertz CT molecular complexity index is 153. The third-order valence-electron chi connectivity index (χ3n) is 2.43. The van der Waals surface area contributed by atoms with E-state index in [-0.39, 0.29) is 6.54 Å². The molecule has 0 radical (unpaired) electrons. The summed E-state index contributed by atoms with van der Waals surface area (Å²) in [6, 6.07) is 0. The molecule has 2 N–H and O–H groups in total. The predicted octanol–water partition coefficient (Wildman–Crippen LogP) is 1.64. The van der Waals surface area contributed by atoms with Crippen molar-refractivity contribution in [1.29, 1.82) is 0 Å². The largest absolute Gasteiger partial charge is 0.396 e. The summed E-state index contributed by atoms with van der Waals surface area (Å²) in [6.07, 6.45) is 0.330. The fourth-order valence-electron chi connectivity index (χ4n) is 1.20. The van der Waals surface area contributed by atoms with Gasteiger partial charge in [-0.15, -0.1) is 0 Å². The van der Waals surface area contributed by atoms with Crippen LogP contribution in [-0.4, -0.2) is 30.7 Å². The molecule has 0 saturated carbocycles. The summed E-state index contributed by atoms with van der Waals surface area (Å²) in [5.74, 6) is -2.78. The van der Waals surface area contributed by atoms with Crippen molar-refractivity contribution in [2.75, 3.05) is 19.7 Å². The molecule has 0 spiro atoms. The third kappa shape index (κ3) is 2.61. The van der Waals surface area contributed by atoms with Gasteiger partial charge in [0.25, 0.3) is 5.92 Å². The van der Waals surface area contributed by atoms with Gasteiger partial charge in [0.15, 0.2) is 0 Å². The molecule has 1 heterocycles. The molecule has 4 heteroatoms. The van der Waals surface area contributed by atoms with Gasteiger partial charge in [-0.2, -0.15) is 0 Å². The molecule has 80 valence electrons. The highest BCUT2D eigenvalue weighted by atomic mass is 19.3. The van der Waals surface area contributed by atoms with Gasteiger partial charge in [-0.3, -0.25) is 0 Å². The smallest absolute Gasteiger partial charge is 0.267 e. The van der Waals surface area contributed by atoms with E-state index in [4.69, 9.17) is 5.11 Å². The molecule has 1 saturated heterocycles. The van der Waals surface area contributed by atoms with Crippen LogP contribution in [0.4, 0.5) is 8.78 Å². The number of piperidine rings is 1. The number of rotatable bonds is 1. The normalized spacial score (nSPS) is 31.8. The first kappa shape index (κ1) is 12.8. The van der Waals surface area contributed by atoms with Crippen LogP contribution in [0.2, 0.25) is 0 Å². The maximum atomic E-state index is 13.0. The van der Waals surface area contributed by atoms with Crippen molar-refractivity contribution in [2.24, 2.45) is 5.41 Å². The summed E-state index contributed by atoms with van der Waals surface area (Å²) in [7, 11) is 0. The maximum Gasteiger partial charge on any atom is 0.267 e. The average molecular weight is 195 g/mol. The van der Waals surface area contributed by atoms with Crippen molar-refractivity contribution in [2.45, 2.75) is 33.1 Å². The van der Waals surface area contributed by atoms with Crippen molar-refractivity contribution in [3.8, 4) is 0 Å². The standard InChI is InChI=1S/C7H13F2NO.C2H6/c1-6(5-11)2-3-10-4-7(6,8)9;1-2/h10-11H,2-5H2,1H3;1-2H3. The number of alkyl halides is 2. The minimum absolute atomic E-state index is 0.315. The Hall–Kier alpha value is -0.220. The fourth-order valence-corrected chi connectivity index (χ4v) is 1.20. The van der Waals surface area contributed by atoms with E-state index in [2.05, 4.69) is 5.32 Å². The monoisotopic (exact) mass is 195 g/mol. The van der Waals surface area contributed by atoms with Gasteiger partial charge in [-0.05, 0) is 13.0 Å². The number of halogens is 2. The number of hydrogen-bond acceptors (Lipinski definition) is 2. The number of aliphatic hydroxyl groups is 1. The SMILES string of the molecule is CC.CC1(CO)CCNCC1(F)F. The lowest BCUT2D eigenvalue weighted by molar-refractivity contribution is -0.148. The van der Waals surface area contributed by atoms with E-state index in [1.165, 1.54) is 6.92 Å². The molecule has 1 atom stereocenters. The summed E-state index contributed by atoms with van der Waals surface area (Å²) in [6.45, 7) is 5.23. The molecule has 1 fully saturated rings. The molecular formula is C9H19F2NO. The Morgan fingerprint density at radius 3 is 2.23 bits per heavy atom.